The standard InChI is InChI=1S/C12H17BrN2O/c13-9-3-4-11(10(14)7-9)15-8-12(16)5-1-2-6-12/h3-4,7,15-16H,1-2,5-6,8,14H2. The number of anilines is 2. The predicted octanol–water partition coefficient (Wildman–Crippen LogP) is 2.75. The largest absolute Gasteiger partial charge is 0.397 e. The summed E-state index contributed by atoms with van der Waals surface area (Å²) >= 11 is 3.37. The van der Waals surface area contributed by atoms with Crippen molar-refractivity contribution >= 4 is 27.3 Å². The number of benzene rings is 1. The number of nitrogens with two attached hydrogens (primary N) is 1. The van der Waals surface area contributed by atoms with Gasteiger partial charge >= 0.3 is 0 Å². The number of rotatable bonds is 3. The fourth-order valence-corrected chi connectivity index (χ4v) is 2.54. The summed E-state index contributed by atoms with van der Waals surface area (Å²) in [7, 11) is 0. The lowest BCUT2D eigenvalue weighted by Crippen LogP contribution is -2.33. The molecule has 88 valence electrons. The Balaban J connectivity index is 1.99. The fraction of sp³-hybridized carbons (Fsp3) is 0.500. The Hall–Kier alpha value is -0.740. The lowest BCUT2D eigenvalue weighted by Gasteiger charge is -2.23. The predicted molar refractivity (Wildman–Crippen MR) is 70.5 cm³/mol. The molecule has 1 aliphatic carbocycles. The van der Waals surface area contributed by atoms with E-state index in [0.717, 1.165) is 35.8 Å². The molecule has 1 aromatic rings. The van der Waals surface area contributed by atoms with E-state index < -0.39 is 5.60 Å². The van der Waals surface area contributed by atoms with Gasteiger partial charge in [-0.2, -0.15) is 0 Å². The van der Waals surface area contributed by atoms with Gasteiger partial charge in [-0.25, -0.2) is 0 Å². The maximum absolute atomic E-state index is 10.2. The Morgan fingerprint density at radius 1 is 1.38 bits per heavy atom. The van der Waals surface area contributed by atoms with Crippen molar-refractivity contribution in [3.8, 4) is 0 Å². The minimum absolute atomic E-state index is 0.542. The van der Waals surface area contributed by atoms with Crippen molar-refractivity contribution in [2.24, 2.45) is 0 Å². The molecular weight excluding hydrogens is 268 g/mol. The second-order valence-corrected chi connectivity index (χ2v) is 5.43. The maximum atomic E-state index is 10.2. The fourth-order valence-electron chi connectivity index (χ4n) is 2.16. The molecule has 0 saturated heterocycles. The van der Waals surface area contributed by atoms with Gasteiger partial charge in [0.2, 0.25) is 0 Å². The highest BCUT2D eigenvalue weighted by molar-refractivity contribution is 9.10. The zero-order valence-electron chi connectivity index (χ0n) is 9.17. The molecule has 16 heavy (non-hydrogen) atoms. The van der Waals surface area contributed by atoms with Gasteiger partial charge in [0.1, 0.15) is 0 Å². The summed E-state index contributed by atoms with van der Waals surface area (Å²) in [5.74, 6) is 0. The molecule has 1 fully saturated rings. The molecule has 0 heterocycles. The highest BCUT2D eigenvalue weighted by Crippen LogP contribution is 2.30. The van der Waals surface area contributed by atoms with Crippen molar-refractivity contribution in [2.45, 2.75) is 31.3 Å². The molecule has 1 aromatic carbocycles. The molecule has 0 bridgehead atoms. The molecule has 2 rings (SSSR count). The summed E-state index contributed by atoms with van der Waals surface area (Å²) in [5, 5.41) is 13.4. The SMILES string of the molecule is Nc1cc(Br)ccc1NCC1(O)CCCC1. The number of hydrogen-bond donors (Lipinski definition) is 3. The van der Waals surface area contributed by atoms with Crippen molar-refractivity contribution in [1.29, 1.82) is 0 Å². The van der Waals surface area contributed by atoms with E-state index >= 15 is 0 Å². The molecule has 1 saturated carbocycles. The third-order valence-corrected chi connectivity index (χ3v) is 3.65. The van der Waals surface area contributed by atoms with Crippen molar-refractivity contribution in [3.05, 3.63) is 22.7 Å². The number of aliphatic hydroxyl groups is 1. The van der Waals surface area contributed by atoms with Gasteiger partial charge in [-0.05, 0) is 31.0 Å². The Kier molecular flexibility index (Phi) is 3.40. The third kappa shape index (κ3) is 2.68. The van der Waals surface area contributed by atoms with Gasteiger partial charge in [-0.1, -0.05) is 28.8 Å². The molecule has 1 aliphatic rings. The van der Waals surface area contributed by atoms with E-state index in [0.29, 0.717) is 12.2 Å². The van der Waals surface area contributed by atoms with Gasteiger partial charge in [0.05, 0.1) is 17.0 Å². The van der Waals surface area contributed by atoms with Crippen LogP contribution in [0.25, 0.3) is 0 Å². The van der Waals surface area contributed by atoms with E-state index in [1.807, 2.05) is 18.2 Å². The summed E-state index contributed by atoms with van der Waals surface area (Å²) in [6.07, 6.45) is 4.01. The summed E-state index contributed by atoms with van der Waals surface area (Å²) in [6, 6.07) is 5.73. The summed E-state index contributed by atoms with van der Waals surface area (Å²) in [4.78, 5) is 0. The van der Waals surface area contributed by atoms with Gasteiger partial charge in [0.15, 0.2) is 0 Å². The van der Waals surface area contributed by atoms with E-state index in [2.05, 4.69) is 21.2 Å². The second-order valence-electron chi connectivity index (χ2n) is 4.52. The minimum atomic E-state index is -0.542. The van der Waals surface area contributed by atoms with Crippen LogP contribution in [0, 0.1) is 0 Å². The first-order chi connectivity index (χ1) is 7.59. The zero-order valence-corrected chi connectivity index (χ0v) is 10.8. The smallest absolute Gasteiger partial charge is 0.0819 e. The van der Waals surface area contributed by atoms with Crippen LogP contribution in [0.2, 0.25) is 0 Å². The number of halogens is 1. The van der Waals surface area contributed by atoms with Gasteiger partial charge in [-0.3, -0.25) is 0 Å². The van der Waals surface area contributed by atoms with Crippen LogP contribution in [0.1, 0.15) is 25.7 Å². The lowest BCUT2D eigenvalue weighted by atomic mass is 10.0. The van der Waals surface area contributed by atoms with Crippen molar-refractivity contribution < 1.29 is 5.11 Å². The van der Waals surface area contributed by atoms with Crippen LogP contribution < -0.4 is 11.1 Å². The van der Waals surface area contributed by atoms with Crippen molar-refractivity contribution in [3.63, 3.8) is 0 Å². The maximum Gasteiger partial charge on any atom is 0.0819 e. The van der Waals surface area contributed by atoms with Crippen LogP contribution >= 0.6 is 15.9 Å². The highest BCUT2D eigenvalue weighted by atomic mass is 79.9. The molecule has 4 heteroatoms. The monoisotopic (exact) mass is 284 g/mol. The molecule has 3 nitrogen and oxygen atoms in total. The number of nitrogen functional groups attached to an aromatic ring is 1. The molecule has 0 amide bonds. The summed E-state index contributed by atoms with van der Waals surface area (Å²) in [6.45, 7) is 0.582. The molecule has 4 N–H and O–H groups in total. The van der Waals surface area contributed by atoms with E-state index in [1.165, 1.54) is 0 Å². The van der Waals surface area contributed by atoms with Crippen LogP contribution in [0.3, 0.4) is 0 Å². The quantitative estimate of drug-likeness (QED) is 0.748. The van der Waals surface area contributed by atoms with E-state index in [1.54, 1.807) is 0 Å². The molecule has 0 spiro atoms. The topological polar surface area (TPSA) is 58.3 Å². The second kappa shape index (κ2) is 4.63. The first-order valence-corrected chi connectivity index (χ1v) is 6.40. The van der Waals surface area contributed by atoms with Crippen LogP contribution in [-0.4, -0.2) is 17.3 Å². The van der Waals surface area contributed by atoms with Crippen molar-refractivity contribution in [2.75, 3.05) is 17.6 Å². The number of hydrogen-bond acceptors (Lipinski definition) is 3. The Bertz CT molecular complexity index is 375. The average Bonchev–Trinajstić information content (AvgIpc) is 2.64. The van der Waals surface area contributed by atoms with Crippen LogP contribution in [0.4, 0.5) is 11.4 Å². The van der Waals surface area contributed by atoms with Gasteiger partial charge in [0, 0.05) is 11.0 Å². The van der Waals surface area contributed by atoms with Gasteiger partial charge < -0.3 is 16.2 Å². The van der Waals surface area contributed by atoms with Gasteiger partial charge in [-0.15, -0.1) is 0 Å². The van der Waals surface area contributed by atoms with E-state index in [4.69, 9.17) is 5.73 Å². The molecule has 0 aliphatic heterocycles. The molecular formula is C12H17BrN2O. The molecule has 0 radical (unpaired) electrons. The van der Waals surface area contributed by atoms with E-state index in [9.17, 15) is 5.11 Å². The molecule has 0 aromatic heterocycles. The van der Waals surface area contributed by atoms with Gasteiger partial charge in [0.25, 0.3) is 0 Å². The minimum Gasteiger partial charge on any atom is -0.397 e. The Morgan fingerprint density at radius 2 is 2.06 bits per heavy atom. The normalized spacial score (nSPS) is 18.6. The zero-order chi connectivity index (χ0) is 11.6. The average molecular weight is 285 g/mol. The molecule has 0 atom stereocenters. The highest BCUT2D eigenvalue weighted by Gasteiger charge is 2.30. The summed E-state index contributed by atoms with van der Waals surface area (Å²) < 4.78 is 0.968. The lowest BCUT2D eigenvalue weighted by molar-refractivity contribution is 0.0615. The van der Waals surface area contributed by atoms with Crippen LogP contribution in [0.15, 0.2) is 22.7 Å². The first-order valence-electron chi connectivity index (χ1n) is 5.60. The van der Waals surface area contributed by atoms with Crippen molar-refractivity contribution in [1.82, 2.24) is 0 Å². The van der Waals surface area contributed by atoms with E-state index in [-0.39, 0.29) is 0 Å². The third-order valence-electron chi connectivity index (χ3n) is 3.16. The number of nitrogens with one attached hydrogen (secondary N) is 1. The Labute approximate surface area is 104 Å². The molecule has 0 unspecified atom stereocenters. The summed E-state index contributed by atoms with van der Waals surface area (Å²) in [5.41, 5.74) is 6.93. The Morgan fingerprint density at radius 3 is 2.69 bits per heavy atom. The van der Waals surface area contributed by atoms with Crippen LogP contribution in [0.5, 0.6) is 0 Å². The van der Waals surface area contributed by atoms with Crippen LogP contribution in [-0.2, 0) is 0 Å². The first kappa shape index (κ1) is 11.7.